The molecule has 4 nitrogen and oxygen atoms in total. The lowest BCUT2D eigenvalue weighted by atomic mass is 9.86. The molecule has 0 radical (unpaired) electrons. The molecule has 4 aromatic heterocycles. The number of thiophene rings is 2. The molecule has 0 N–H and O–H groups in total. The van der Waals surface area contributed by atoms with E-state index in [-0.39, 0.29) is 6.04 Å². The highest BCUT2D eigenvalue weighted by Crippen LogP contribution is 2.60. The standard InChI is InChI=1S/C61H40N2O2P2S2/c1-35-32-33-49-43(34-35)40-18-9-24-47(59(40)65-49)63-45-22-12-21-44-56(45)57-50(26-13-27-51(57)67(63)53-29-11-20-42-38-16-4-7-31-55(38)69-61(42)53)66(52-28-10-19-41-37-15-3-6-30-54(37)68-60(41)52)62(44)46-23-8-17-39-36-14-2-5-25-48(36)64-58(39)46/h2-26,28-33,35,45H,27,34H2,1H3/q+2. The number of hydrogen-bond donors (Lipinski definition) is 0. The van der Waals surface area contributed by atoms with E-state index in [1.165, 1.54) is 89.3 Å². The predicted octanol–water partition coefficient (Wildman–Crippen LogP) is 16.5. The summed E-state index contributed by atoms with van der Waals surface area (Å²) in [5, 5.41) is 14.5. The molecule has 6 heterocycles. The summed E-state index contributed by atoms with van der Waals surface area (Å²) < 4.78 is 25.0. The lowest BCUT2D eigenvalue weighted by Crippen LogP contribution is -2.46. The molecule has 0 saturated carbocycles. The first-order valence-corrected chi connectivity index (χ1v) is 28.0. The maximum Gasteiger partial charge on any atom is 0.265 e. The number of fused-ring (bicyclic) bond motifs is 12. The first-order valence-electron chi connectivity index (χ1n) is 23.8. The second kappa shape index (κ2) is 14.5. The number of anilines is 2. The van der Waals surface area contributed by atoms with Crippen LogP contribution in [0.3, 0.4) is 0 Å². The Bertz CT molecular complexity index is 4370. The molecular formula is C61H40N2O2P2S2+2. The minimum absolute atomic E-state index is 0.0853. The molecule has 7 aromatic carbocycles. The van der Waals surface area contributed by atoms with Gasteiger partial charge in [-0.15, -0.1) is 22.7 Å². The van der Waals surface area contributed by atoms with Gasteiger partial charge in [0, 0.05) is 64.7 Å². The minimum Gasteiger partial charge on any atom is -0.454 e. The average Bonchev–Trinajstić information content (AvgIpc) is 4.18. The fraction of sp³-hybridized carbons (Fsp3) is 0.0820. The zero-order chi connectivity index (χ0) is 45.1. The third kappa shape index (κ3) is 5.35. The van der Waals surface area contributed by atoms with Gasteiger partial charge in [0.15, 0.2) is 32.4 Å². The van der Waals surface area contributed by atoms with Gasteiger partial charge >= 0.3 is 0 Å². The van der Waals surface area contributed by atoms with E-state index in [1.54, 1.807) is 0 Å². The first kappa shape index (κ1) is 38.9. The summed E-state index contributed by atoms with van der Waals surface area (Å²) in [7, 11) is -2.33. The van der Waals surface area contributed by atoms with E-state index in [9.17, 15) is 0 Å². The van der Waals surface area contributed by atoms with Gasteiger partial charge in [-0.05, 0) is 73.0 Å². The molecule has 0 amide bonds. The van der Waals surface area contributed by atoms with Gasteiger partial charge in [0.1, 0.15) is 28.8 Å². The van der Waals surface area contributed by atoms with Crippen molar-refractivity contribution in [3.63, 3.8) is 0 Å². The fourth-order valence-corrected chi connectivity index (χ4v) is 20.7. The van der Waals surface area contributed by atoms with E-state index in [1.807, 2.05) is 22.7 Å². The summed E-state index contributed by atoms with van der Waals surface area (Å²) in [4.78, 5) is 0. The van der Waals surface area contributed by atoms with Crippen molar-refractivity contribution in [1.82, 2.24) is 0 Å². The van der Waals surface area contributed by atoms with Gasteiger partial charge in [0.2, 0.25) is 0 Å². The Hall–Kier alpha value is -7.04. The van der Waals surface area contributed by atoms with Gasteiger partial charge in [-0.2, -0.15) is 9.34 Å². The summed E-state index contributed by atoms with van der Waals surface area (Å²) in [6.45, 7) is 2.31. The molecule has 3 aliphatic carbocycles. The third-order valence-corrected chi connectivity index (χ3v) is 22.8. The zero-order valence-corrected chi connectivity index (χ0v) is 40.8. The summed E-state index contributed by atoms with van der Waals surface area (Å²) in [5.41, 5.74) is 10.5. The van der Waals surface area contributed by atoms with Crippen molar-refractivity contribution in [3.8, 4) is 0 Å². The molecule has 0 saturated heterocycles. The van der Waals surface area contributed by atoms with E-state index in [0.29, 0.717) is 5.92 Å². The van der Waals surface area contributed by atoms with Gasteiger partial charge in [-0.1, -0.05) is 134 Å². The van der Waals surface area contributed by atoms with Crippen LogP contribution in [-0.2, 0) is 6.42 Å². The topological polar surface area (TPSA) is 32.8 Å². The highest BCUT2D eigenvalue weighted by Gasteiger charge is 2.56. The first-order chi connectivity index (χ1) is 34.2. The molecule has 69 heavy (non-hydrogen) atoms. The lowest BCUT2D eigenvalue weighted by Gasteiger charge is -2.40. The van der Waals surface area contributed by atoms with Crippen molar-refractivity contribution < 1.29 is 8.83 Å². The number of benzene rings is 7. The van der Waals surface area contributed by atoms with E-state index >= 15 is 0 Å². The van der Waals surface area contributed by atoms with Crippen molar-refractivity contribution >= 4 is 150 Å². The van der Waals surface area contributed by atoms with E-state index in [0.717, 1.165) is 57.5 Å². The van der Waals surface area contributed by atoms with Gasteiger partial charge in [0.25, 0.3) is 15.4 Å². The molecule has 2 aliphatic heterocycles. The Labute approximate surface area is 407 Å². The molecule has 0 bridgehead atoms. The maximum atomic E-state index is 7.11. The van der Waals surface area contributed by atoms with Crippen LogP contribution in [0.1, 0.15) is 24.7 Å². The van der Waals surface area contributed by atoms with Crippen LogP contribution in [0, 0.1) is 5.92 Å². The van der Waals surface area contributed by atoms with Gasteiger partial charge in [-0.3, -0.25) is 0 Å². The van der Waals surface area contributed by atoms with Crippen molar-refractivity contribution in [1.29, 1.82) is 0 Å². The molecule has 8 heteroatoms. The van der Waals surface area contributed by atoms with Crippen LogP contribution in [0.5, 0.6) is 0 Å². The largest absolute Gasteiger partial charge is 0.454 e. The normalized spacial score (nSPS) is 19.7. The fourth-order valence-electron chi connectivity index (χ4n) is 12.0. The molecule has 11 aromatic rings. The van der Waals surface area contributed by atoms with Crippen molar-refractivity contribution in [3.05, 3.63) is 210 Å². The van der Waals surface area contributed by atoms with E-state index in [4.69, 9.17) is 8.83 Å². The third-order valence-electron chi connectivity index (χ3n) is 14.9. The van der Waals surface area contributed by atoms with E-state index in [2.05, 4.69) is 204 Å². The van der Waals surface area contributed by atoms with E-state index < -0.39 is 15.4 Å². The van der Waals surface area contributed by atoms with Crippen LogP contribution < -0.4 is 19.9 Å². The number of allylic oxidation sites excluding steroid dienone is 6. The van der Waals surface area contributed by atoms with Crippen LogP contribution in [0.15, 0.2) is 208 Å². The molecule has 0 spiro atoms. The quantitative estimate of drug-likeness (QED) is 0.165. The van der Waals surface area contributed by atoms with Crippen LogP contribution in [0.4, 0.5) is 11.4 Å². The number of hydrogen-bond acceptors (Lipinski definition) is 6. The van der Waals surface area contributed by atoms with Crippen molar-refractivity contribution in [2.24, 2.45) is 5.92 Å². The highest BCUT2D eigenvalue weighted by molar-refractivity contribution is 7.73. The number of nitrogens with zero attached hydrogens (tertiary/aromatic N) is 2. The van der Waals surface area contributed by atoms with Gasteiger partial charge in [-0.25, -0.2) is 0 Å². The van der Waals surface area contributed by atoms with Crippen LogP contribution in [0.2, 0.25) is 0 Å². The van der Waals surface area contributed by atoms with Gasteiger partial charge in [0.05, 0.1) is 20.7 Å². The smallest absolute Gasteiger partial charge is 0.265 e. The second-order valence-corrected chi connectivity index (χ2v) is 25.0. The Kier molecular flexibility index (Phi) is 8.17. The summed E-state index contributed by atoms with van der Waals surface area (Å²) in [6, 6.07) is 54.2. The Morgan fingerprint density at radius 2 is 1.22 bits per heavy atom. The predicted molar refractivity (Wildman–Crippen MR) is 300 cm³/mol. The molecular weight excluding hydrogens is 919 g/mol. The number of rotatable bonds is 4. The highest BCUT2D eigenvalue weighted by atomic mass is 32.1. The Morgan fingerprint density at radius 1 is 0.580 bits per heavy atom. The summed E-state index contributed by atoms with van der Waals surface area (Å²) in [5.74, 6) is 1.45. The van der Waals surface area contributed by atoms with Gasteiger partial charge < -0.3 is 8.83 Å². The van der Waals surface area contributed by atoms with Crippen LogP contribution >= 0.6 is 38.1 Å². The molecule has 16 rings (SSSR count). The van der Waals surface area contributed by atoms with Crippen LogP contribution in [0.25, 0.3) is 79.3 Å². The Balaban J connectivity index is 1.05. The second-order valence-electron chi connectivity index (χ2n) is 18.8. The average molecular weight is 959 g/mol. The monoisotopic (exact) mass is 958 g/mol. The molecule has 0 fully saturated rings. The molecule has 326 valence electrons. The zero-order valence-electron chi connectivity index (χ0n) is 37.4. The maximum absolute atomic E-state index is 7.11. The van der Waals surface area contributed by atoms with Crippen molar-refractivity contribution in [2.45, 2.75) is 25.8 Å². The van der Waals surface area contributed by atoms with Crippen molar-refractivity contribution in [2.75, 3.05) is 9.34 Å². The van der Waals surface area contributed by atoms with Crippen LogP contribution in [-0.4, -0.2) is 16.6 Å². The summed E-state index contributed by atoms with van der Waals surface area (Å²) in [6.07, 6.45) is 18.6. The SMILES string of the molecule is CC1C=Cc2oc3c(N4C5C=CC=C6C5=C5C(=[P+](c7cccc8c7sc7ccccc78)N6c6cccc7c6oc6ccccc67)C=CCC5=[P+]4c4cccc5c4sc4ccccc45)cccc3c2C1. The molecule has 4 atom stereocenters. The summed E-state index contributed by atoms with van der Waals surface area (Å²) >= 11 is 3.89. The molecule has 4 unspecified atom stereocenters. The minimum atomic E-state index is -1.20. The number of para-hydroxylation sites is 3. The lowest BCUT2D eigenvalue weighted by molar-refractivity contribution is 0.584. The number of furan rings is 2. The Morgan fingerprint density at radius 3 is 2.00 bits per heavy atom. The molecule has 5 aliphatic rings.